The van der Waals surface area contributed by atoms with E-state index in [4.69, 9.17) is 4.74 Å². The standard InChI is InChI=1S/C6H5Br2NO/c7-6(8)10-5-3-1-2-4-9-5/h1-4,6H. The summed E-state index contributed by atoms with van der Waals surface area (Å²) < 4.78 is 4.96. The molecule has 1 aromatic rings. The highest BCUT2D eigenvalue weighted by molar-refractivity contribution is 9.24. The maximum atomic E-state index is 5.14. The number of rotatable bonds is 2. The molecule has 0 spiro atoms. The Bertz CT molecular complexity index is 190. The maximum Gasteiger partial charge on any atom is 0.215 e. The smallest absolute Gasteiger partial charge is 0.215 e. The average molecular weight is 267 g/mol. The number of aromatic nitrogens is 1. The molecule has 0 atom stereocenters. The monoisotopic (exact) mass is 265 g/mol. The van der Waals surface area contributed by atoms with Crippen LogP contribution in [0.1, 0.15) is 0 Å². The van der Waals surface area contributed by atoms with Gasteiger partial charge in [-0.15, -0.1) is 0 Å². The van der Waals surface area contributed by atoms with Crippen molar-refractivity contribution in [2.45, 2.75) is 3.92 Å². The van der Waals surface area contributed by atoms with Crippen LogP contribution in [0.15, 0.2) is 24.4 Å². The van der Waals surface area contributed by atoms with Crippen molar-refractivity contribution in [2.24, 2.45) is 0 Å². The second kappa shape index (κ2) is 3.93. The Hall–Kier alpha value is -0.0900. The summed E-state index contributed by atoms with van der Waals surface area (Å²) in [5.74, 6) is 0.598. The first kappa shape index (κ1) is 8.01. The van der Waals surface area contributed by atoms with Crippen LogP contribution in [0.4, 0.5) is 0 Å². The SMILES string of the molecule is BrC(Br)Oc1ccccn1. The lowest BCUT2D eigenvalue weighted by Gasteiger charge is -2.03. The van der Waals surface area contributed by atoms with Crippen molar-refractivity contribution in [1.82, 2.24) is 4.98 Å². The van der Waals surface area contributed by atoms with Crippen molar-refractivity contribution < 1.29 is 4.74 Å². The molecule has 0 fully saturated rings. The molecule has 0 saturated heterocycles. The van der Waals surface area contributed by atoms with Gasteiger partial charge in [0, 0.05) is 12.3 Å². The van der Waals surface area contributed by atoms with Gasteiger partial charge in [-0.25, -0.2) is 4.98 Å². The molecule has 0 aliphatic heterocycles. The topological polar surface area (TPSA) is 22.1 Å². The van der Waals surface area contributed by atoms with Gasteiger partial charge in [0.05, 0.1) is 0 Å². The highest BCUT2D eigenvalue weighted by Gasteiger charge is 1.97. The van der Waals surface area contributed by atoms with E-state index in [2.05, 4.69) is 36.8 Å². The van der Waals surface area contributed by atoms with E-state index in [0.29, 0.717) is 5.88 Å². The first-order chi connectivity index (χ1) is 4.79. The summed E-state index contributed by atoms with van der Waals surface area (Å²) in [6.07, 6.45) is 1.68. The van der Waals surface area contributed by atoms with Crippen molar-refractivity contribution in [3.05, 3.63) is 24.4 Å². The van der Waals surface area contributed by atoms with E-state index < -0.39 is 0 Å². The second-order valence-corrected chi connectivity index (χ2v) is 4.44. The molecule has 54 valence electrons. The predicted molar refractivity (Wildman–Crippen MR) is 46.5 cm³/mol. The lowest BCUT2D eigenvalue weighted by atomic mass is 10.5. The minimum Gasteiger partial charge on any atom is -0.452 e. The Morgan fingerprint density at radius 2 is 2.20 bits per heavy atom. The van der Waals surface area contributed by atoms with Gasteiger partial charge in [0.15, 0.2) is 0 Å². The van der Waals surface area contributed by atoms with Crippen LogP contribution in [0.25, 0.3) is 0 Å². The highest BCUT2D eigenvalue weighted by atomic mass is 79.9. The number of halogens is 2. The van der Waals surface area contributed by atoms with E-state index in [1.807, 2.05) is 12.1 Å². The van der Waals surface area contributed by atoms with Crippen LogP contribution in [0, 0.1) is 0 Å². The predicted octanol–water partition coefficient (Wildman–Crippen LogP) is 2.53. The Morgan fingerprint density at radius 1 is 1.40 bits per heavy atom. The van der Waals surface area contributed by atoms with Gasteiger partial charge in [-0.2, -0.15) is 0 Å². The summed E-state index contributed by atoms with van der Waals surface area (Å²) in [5, 5.41) is 0. The molecule has 1 heterocycles. The van der Waals surface area contributed by atoms with Gasteiger partial charge >= 0.3 is 0 Å². The number of hydrogen-bond acceptors (Lipinski definition) is 2. The van der Waals surface area contributed by atoms with E-state index in [1.165, 1.54) is 0 Å². The summed E-state index contributed by atoms with van der Waals surface area (Å²) in [6, 6.07) is 5.49. The molecular weight excluding hydrogens is 262 g/mol. The van der Waals surface area contributed by atoms with Crippen molar-refractivity contribution >= 4 is 31.9 Å². The van der Waals surface area contributed by atoms with Crippen LogP contribution >= 0.6 is 31.9 Å². The van der Waals surface area contributed by atoms with Gasteiger partial charge < -0.3 is 4.74 Å². The molecule has 0 aliphatic rings. The molecule has 0 saturated carbocycles. The van der Waals surface area contributed by atoms with Crippen molar-refractivity contribution in [3.63, 3.8) is 0 Å². The number of pyridine rings is 1. The summed E-state index contributed by atoms with van der Waals surface area (Å²) in [5.41, 5.74) is 0. The molecule has 0 amide bonds. The lowest BCUT2D eigenvalue weighted by Crippen LogP contribution is -1.98. The van der Waals surface area contributed by atoms with Crippen LogP contribution in [-0.4, -0.2) is 8.91 Å². The molecular formula is C6H5Br2NO. The van der Waals surface area contributed by atoms with E-state index in [-0.39, 0.29) is 3.92 Å². The lowest BCUT2D eigenvalue weighted by molar-refractivity contribution is 0.361. The minimum absolute atomic E-state index is 0.171. The minimum atomic E-state index is -0.171. The third kappa shape index (κ3) is 2.66. The van der Waals surface area contributed by atoms with Crippen LogP contribution in [0.5, 0.6) is 5.88 Å². The molecule has 0 bridgehead atoms. The van der Waals surface area contributed by atoms with E-state index in [1.54, 1.807) is 12.3 Å². The van der Waals surface area contributed by atoms with E-state index >= 15 is 0 Å². The Morgan fingerprint density at radius 3 is 2.70 bits per heavy atom. The Balaban J connectivity index is 2.59. The summed E-state index contributed by atoms with van der Waals surface area (Å²) in [7, 11) is 0. The summed E-state index contributed by atoms with van der Waals surface area (Å²) in [6.45, 7) is 0. The molecule has 0 aliphatic carbocycles. The number of ether oxygens (including phenoxy) is 1. The number of alkyl halides is 2. The molecule has 1 rings (SSSR count). The van der Waals surface area contributed by atoms with Gasteiger partial charge in [0.2, 0.25) is 9.80 Å². The van der Waals surface area contributed by atoms with Gasteiger partial charge in [-0.05, 0) is 37.9 Å². The molecule has 4 heteroatoms. The van der Waals surface area contributed by atoms with Crippen LogP contribution in [-0.2, 0) is 0 Å². The summed E-state index contributed by atoms with van der Waals surface area (Å²) >= 11 is 6.33. The molecule has 2 nitrogen and oxygen atoms in total. The largest absolute Gasteiger partial charge is 0.452 e. The van der Waals surface area contributed by atoms with Crippen molar-refractivity contribution in [3.8, 4) is 5.88 Å². The van der Waals surface area contributed by atoms with Crippen LogP contribution < -0.4 is 4.74 Å². The maximum absolute atomic E-state index is 5.14. The fourth-order valence-electron chi connectivity index (χ4n) is 0.508. The fraction of sp³-hybridized carbons (Fsp3) is 0.167. The van der Waals surface area contributed by atoms with E-state index in [9.17, 15) is 0 Å². The molecule has 0 N–H and O–H groups in total. The average Bonchev–Trinajstić information content (AvgIpc) is 1.88. The quantitative estimate of drug-likeness (QED) is 0.768. The number of nitrogens with zero attached hydrogens (tertiary/aromatic N) is 1. The van der Waals surface area contributed by atoms with Crippen LogP contribution in [0.2, 0.25) is 0 Å². The van der Waals surface area contributed by atoms with Crippen LogP contribution in [0.3, 0.4) is 0 Å². The van der Waals surface area contributed by atoms with E-state index in [0.717, 1.165) is 0 Å². The van der Waals surface area contributed by atoms with Crippen molar-refractivity contribution in [1.29, 1.82) is 0 Å². The number of hydrogen-bond donors (Lipinski definition) is 0. The third-order valence-electron chi connectivity index (χ3n) is 0.848. The zero-order chi connectivity index (χ0) is 7.40. The van der Waals surface area contributed by atoms with Gasteiger partial charge in [0.25, 0.3) is 0 Å². The Kier molecular flexibility index (Phi) is 3.15. The Labute approximate surface area is 75.9 Å². The highest BCUT2D eigenvalue weighted by Crippen LogP contribution is 2.14. The normalized spacial score (nSPS) is 9.90. The zero-order valence-corrected chi connectivity index (χ0v) is 8.17. The second-order valence-electron chi connectivity index (χ2n) is 1.55. The van der Waals surface area contributed by atoms with Gasteiger partial charge in [0.1, 0.15) is 0 Å². The van der Waals surface area contributed by atoms with Gasteiger partial charge in [-0.3, -0.25) is 0 Å². The first-order valence-corrected chi connectivity index (χ1v) is 4.48. The summed E-state index contributed by atoms with van der Waals surface area (Å²) in [4.78, 5) is 3.94. The molecule has 1 aromatic heterocycles. The van der Waals surface area contributed by atoms with Gasteiger partial charge in [-0.1, -0.05) is 6.07 Å². The molecule has 0 radical (unpaired) electrons. The zero-order valence-electron chi connectivity index (χ0n) is 5.00. The third-order valence-corrected chi connectivity index (χ3v) is 1.22. The fourth-order valence-corrected chi connectivity index (χ4v) is 0.891. The first-order valence-electron chi connectivity index (χ1n) is 2.65. The molecule has 10 heavy (non-hydrogen) atoms. The van der Waals surface area contributed by atoms with Crippen molar-refractivity contribution in [2.75, 3.05) is 0 Å². The molecule has 0 aromatic carbocycles. The molecule has 0 unspecified atom stereocenters.